The summed E-state index contributed by atoms with van der Waals surface area (Å²) in [6.07, 6.45) is 3.65. The molecular weight excluding hydrogens is 292 g/mol. The Bertz CT molecular complexity index is 497. The van der Waals surface area contributed by atoms with Gasteiger partial charge in [0.15, 0.2) is 0 Å². The van der Waals surface area contributed by atoms with E-state index in [0.29, 0.717) is 31.2 Å². The first kappa shape index (κ1) is 19.4. The summed E-state index contributed by atoms with van der Waals surface area (Å²) in [5.74, 6) is 0.459. The van der Waals surface area contributed by atoms with Crippen LogP contribution >= 0.6 is 0 Å². The number of amides is 1. The van der Waals surface area contributed by atoms with Crippen molar-refractivity contribution in [1.82, 2.24) is 4.98 Å². The Labute approximate surface area is 139 Å². The lowest BCUT2D eigenvalue weighted by Crippen LogP contribution is -2.42. The van der Waals surface area contributed by atoms with E-state index in [1.54, 1.807) is 6.07 Å². The minimum absolute atomic E-state index is 0.134. The van der Waals surface area contributed by atoms with Gasteiger partial charge in [-0.3, -0.25) is 4.79 Å². The van der Waals surface area contributed by atoms with E-state index in [-0.39, 0.29) is 5.91 Å². The number of aryl methyl sites for hydroxylation is 1. The van der Waals surface area contributed by atoms with E-state index >= 15 is 0 Å². The Balaban J connectivity index is 2.77. The van der Waals surface area contributed by atoms with Gasteiger partial charge in [0.05, 0.1) is 18.0 Å². The third-order valence-electron chi connectivity index (χ3n) is 3.73. The summed E-state index contributed by atoms with van der Waals surface area (Å²) in [6.45, 7) is 10.9. The van der Waals surface area contributed by atoms with Crippen LogP contribution < -0.4 is 10.1 Å². The van der Waals surface area contributed by atoms with Gasteiger partial charge in [-0.15, -0.1) is 0 Å². The van der Waals surface area contributed by atoms with Crippen LogP contribution in [0.1, 0.15) is 59.1 Å². The molecule has 0 saturated heterocycles. The molecule has 1 atom stereocenters. The van der Waals surface area contributed by atoms with Gasteiger partial charge in [0, 0.05) is 12.7 Å². The lowest BCUT2D eigenvalue weighted by molar-refractivity contribution is -0.139. The molecular formula is C18H30N2O3. The van der Waals surface area contributed by atoms with E-state index in [2.05, 4.69) is 17.2 Å². The quantitative estimate of drug-likeness (QED) is 0.659. The predicted octanol–water partition coefficient (Wildman–Crippen LogP) is 4.10. The van der Waals surface area contributed by atoms with Gasteiger partial charge in [-0.25, -0.2) is 4.98 Å². The molecule has 0 fully saturated rings. The van der Waals surface area contributed by atoms with Crippen molar-refractivity contribution < 1.29 is 14.3 Å². The monoisotopic (exact) mass is 322 g/mol. The summed E-state index contributed by atoms with van der Waals surface area (Å²) in [6, 6.07) is 3.62. The van der Waals surface area contributed by atoms with Crippen molar-refractivity contribution in [3.63, 3.8) is 0 Å². The number of carbonyl (C=O) groups is 1. The Morgan fingerprint density at radius 3 is 2.57 bits per heavy atom. The van der Waals surface area contributed by atoms with Crippen LogP contribution in [0, 0.1) is 6.92 Å². The highest BCUT2D eigenvalue weighted by atomic mass is 16.5. The Hall–Kier alpha value is -1.62. The average Bonchev–Trinajstić information content (AvgIpc) is 2.50. The molecule has 0 aromatic carbocycles. The number of anilines is 1. The van der Waals surface area contributed by atoms with Gasteiger partial charge in [-0.2, -0.15) is 0 Å². The van der Waals surface area contributed by atoms with Crippen LogP contribution in [0.2, 0.25) is 0 Å². The van der Waals surface area contributed by atoms with E-state index in [9.17, 15) is 4.79 Å². The van der Waals surface area contributed by atoms with Crippen LogP contribution in [-0.4, -0.2) is 29.7 Å². The van der Waals surface area contributed by atoms with E-state index in [4.69, 9.17) is 9.47 Å². The molecule has 1 aromatic heterocycles. The number of carbonyl (C=O) groups excluding carboxylic acids is 1. The summed E-state index contributed by atoms with van der Waals surface area (Å²) in [4.78, 5) is 17.0. The topological polar surface area (TPSA) is 60.5 Å². The molecule has 0 bridgehead atoms. The zero-order chi connectivity index (χ0) is 17.3. The van der Waals surface area contributed by atoms with Gasteiger partial charge < -0.3 is 14.8 Å². The highest BCUT2D eigenvalue weighted by molar-refractivity contribution is 5.97. The molecule has 0 unspecified atom stereocenters. The highest BCUT2D eigenvalue weighted by Crippen LogP contribution is 2.23. The molecule has 23 heavy (non-hydrogen) atoms. The fourth-order valence-electron chi connectivity index (χ4n) is 2.37. The van der Waals surface area contributed by atoms with Crippen molar-refractivity contribution in [3.8, 4) is 5.88 Å². The SMILES string of the molecule is CCCCOc1ccc(NC(=O)[C@@](C)(CCC)OCC)c(C)n1. The minimum atomic E-state index is -0.813. The van der Waals surface area contributed by atoms with Crippen molar-refractivity contribution in [2.75, 3.05) is 18.5 Å². The minimum Gasteiger partial charge on any atom is -0.478 e. The van der Waals surface area contributed by atoms with Gasteiger partial charge in [0.25, 0.3) is 5.91 Å². The molecule has 1 N–H and O–H groups in total. The van der Waals surface area contributed by atoms with E-state index in [0.717, 1.165) is 25.0 Å². The zero-order valence-corrected chi connectivity index (χ0v) is 15.1. The number of rotatable bonds is 10. The maximum Gasteiger partial charge on any atom is 0.256 e. The van der Waals surface area contributed by atoms with Crippen molar-refractivity contribution >= 4 is 11.6 Å². The maximum absolute atomic E-state index is 12.6. The Morgan fingerprint density at radius 2 is 2.00 bits per heavy atom. The third kappa shape index (κ3) is 5.82. The number of ether oxygens (including phenoxy) is 2. The Morgan fingerprint density at radius 1 is 1.26 bits per heavy atom. The maximum atomic E-state index is 12.6. The van der Waals surface area contributed by atoms with Crippen LogP contribution in [0.25, 0.3) is 0 Å². The number of hydrogen-bond donors (Lipinski definition) is 1. The first-order chi connectivity index (χ1) is 11.0. The summed E-state index contributed by atoms with van der Waals surface area (Å²) in [5, 5.41) is 2.93. The largest absolute Gasteiger partial charge is 0.478 e. The average molecular weight is 322 g/mol. The molecule has 5 heteroatoms. The fourth-order valence-corrected chi connectivity index (χ4v) is 2.37. The summed E-state index contributed by atoms with van der Waals surface area (Å²) in [7, 11) is 0. The number of pyridine rings is 1. The van der Waals surface area contributed by atoms with E-state index < -0.39 is 5.60 Å². The second-order valence-electron chi connectivity index (χ2n) is 5.85. The van der Waals surface area contributed by atoms with Crippen molar-refractivity contribution in [1.29, 1.82) is 0 Å². The molecule has 1 rings (SSSR count). The summed E-state index contributed by atoms with van der Waals surface area (Å²) < 4.78 is 11.3. The second kappa shape index (κ2) is 9.50. The summed E-state index contributed by atoms with van der Waals surface area (Å²) in [5.41, 5.74) is 0.620. The number of aromatic nitrogens is 1. The zero-order valence-electron chi connectivity index (χ0n) is 15.1. The molecule has 1 aromatic rings. The van der Waals surface area contributed by atoms with Crippen molar-refractivity contribution in [2.24, 2.45) is 0 Å². The third-order valence-corrected chi connectivity index (χ3v) is 3.73. The lowest BCUT2D eigenvalue weighted by Gasteiger charge is -2.28. The highest BCUT2D eigenvalue weighted by Gasteiger charge is 2.33. The van der Waals surface area contributed by atoms with Crippen molar-refractivity contribution in [2.45, 2.75) is 65.9 Å². The van der Waals surface area contributed by atoms with Crippen LogP contribution in [0.5, 0.6) is 5.88 Å². The molecule has 0 radical (unpaired) electrons. The standard InChI is InChI=1S/C18H30N2O3/c1-6-9-13-22-16-11-10-15(14(4)19-16)20-17(21)18(5,12-7-2)23-8-3/h10-11H,6-9,12-13H2,1-5H3,(H,20,21)/t18-/m1/s1. The van der Waals surface area contributed by atoms with Gasteiger partial charge in [-0.05, 0) is 39.7 Å². The van der Waals surface area contributed by atoms with E-state index in [1.807, 2.05) is 33.8 Å². The first-order valence-corrected chi connectivity index (χ1v) is 8.52. The smallest absolute Gasteiger partial charge is 0.256 e. The number of hydrogen-bond acceptors (Lipinski definition) is 4. The summed E-state index contributed by atoms with van der Waals surface area (Å²) >= 11 is 0. The van der Waals surface area contributed by atoms with Crippen LogP contribution in [0.15, 0.2) is 12.1 Å². The molecule has 1 amide bonds. The van der Waals surface area contributed by atoms with Gasteiger partial charge >= 0.3 is 0 Å². The fraction of sp³-hybridized carbons (Fsp3) is 0.667. The molecule has 5 nitrogen and oxygen atoms in total. The van der Waals surface area contributed by atoms with Crippen molar-refractivity contribution in [3.05, 3.63) is 17.8 Å². The number of unbranched alkanes of at least 4 members (excludes halogenated alkanes) is 1. The van der Waals surface area contributed by atoms with E-state index in [1.165, 1.54) is 0 Å². The lowest BCUT2D eigenvalue weighted by atomic mass is 9.99. The van der Waals surface area contributed by atoms with Gasteiger partial charge in [0.1, 0.15) is 5.60 Å². The molecule has 0 spiro atoms. The Kier molecular flexibility index (Phi) is 8.03. The molecule has 0 aliphatic heterocycles. The van der Waals surface area contributed by atoms with Gasteiger partial charge in [0.2, 0.25) is 5.88 Å². The second-order valence-corrected chi connectivity index (χ2v) is 5.85. The molecule has 0 aliphatic carbocycles. The normalized spacial score (nSPS) is 13.4. The molecule has 0 aliphatic rings. The first-order valence-electron chi connectivity index (χ1n) is 8.52. The molecule has 0 saturated carbocycles. The molecule has 1 heterocycles. The predicted molar refractivity (Wildman–Crippen MR) is 92.9 cm³/mol. The van der Waals surface area contributed by atoms with Crippen LogP contribution in [0.3, 0.4) is 0 Å². The molecule has 130 valence electrons. The van der Waals surface area contributed by atoms with Crippen LogP contribution in [-0.2, 0) is 9.53 Å². The number of nitrogens with zero attached hydrogens (tertiary/aromatic N) is 1. The number of nitrogens with one attached hydrogen (secondary N) is 1. The van der Waals surface area contributed by atoms with Crippen LogP contribution in [0.4, 0.5) is 5.69 Å². The van der Waals surface area contributed by atoms with Gasteiger partial charge in [-0.1, -0.05) is 26.7 Å².